The standard InChI is InChI=1S/C26H24N2O2S/c1-17-19(16-28-11-13-31-14-12-28)5-4-8-24(17)27-26(30)18-9-10-21-20-6-2-3-7-22(20)25(29)23(21)15-18/h2-10,15H,11-14,16H2,1H3,(H,27,30). The first kappa shape index (κ1) is 20.0. The minimum atomic E-state index is -0.193. The monoisotopic (exact) mass is 428 g/mol. The third kappa shape index (κ3) is 3.80. The smallest absolute Gasteiger partial charge is 0.255 e. The molecule has 4 nitrogen and oxygen atoms in total. The first-order valence-electron chi connectivity index (χ1n) is 10.6. The van der Waals surface area contributed by atoms with E-state index in [-0.39, 0.29) is 11.7 Å². The first-order chi connectivity index (χ1) is 15.1. The summed E-state index contributed by atoms with van der Waals surface area (Å²) < 4.78 is 0. The zero-order valence-corrected chi connectivity index (χ0v) is 18.3. The Morgan fingerprint density at radius 3 is 2.48 bits per heavy atom. The van der Waals surface area contributed by atoms with E-state index in [1.807, 2.05) is 54.2 Å². The lowest BCUT2D eigenvalue weighted by Crippen LogP contribution is -2.32. The highest BCUT2D eigenvalue weighted by atomic mass is 32.2. The maximum absolute atomic E-state index is 13.0. The van der Waals surface area contributed by atoms with Gasteiger partial charge in [-0.2, -0.15) is 11.8 Å². The van der Waals surface area contributed by atoms with Gasteiger partial charge in [-0.05, 0) is 47.4 Å². The van der Waals surface area contributed by atoms with Gasteiger partial charge in [0, 0.05) is 53.5 Å². The number of thioether (sulfide) groups is 1. The fourth-order valence-corrected chi connectivity index (χ4v) is 5.33. The molecule has 0 bridgehead atoms. The van der Waals surface area contributed by atoms with E-state index < -0.39 is 0 Å². The maximum Gasteiger partial charge on any atom is 0.255 e. The molecule has 0 radical (unpaired) electrons. The summed E-state index contributed by atoms with van der Waals surface area (Å²) in [5, 5.41) is 3.06. The number of rotatable bonds is 4. The molecule has 5 rings (SSSR count). The van der Waals surface area contributed by atoms with E-state index in [9.17, 15) is 9.59 Å². The topological polar surface area (TPSA) is 49.4 Å². The number of benzene rings is 3. The van der Waals surface area contributed by atoms with Crippen LogP contribution in [-0.2, 0) is 6.54 Å². The van der Waals surface area contributed by atoms with E-state index in [4.69, 9.17) is 0 Å². The van der Waals surface area contributed by atoms with Crippen LogP contribution in [-0.4, -0.2) is 41.2 Å². The van der Waals surface area contributed by atoms with Crippen molar-refractivity contribution >= 4 is 29.1 Å². The van der Waals surface area contributed by atoms with Crippen LogP contribution in [0.2, 0.25) is 0 Å². The number of amides is 1. The number of fused-ring (bicyclic) bond motifs is 3. The lowest BCUT2D eigenvalue weighted by molar-refractivity contribution is 0.102. The van der Waals surface area contributed by atoms with E-state index in [1.54, 1.807) is 12.1 Å². The molecule has 1 aliphatic carbocycles. The van der Waals surface area contributed by atoms with Gasteiger partial charge in [-0.15, -0.1) is 0 Å². The van der Waals surface area contributed by atoms with Gasteiger partial charge in [-0.1, -0.05) is 42.5 Å². The van der Waals surface area contributed by atoms with Crippen molar-refractivity contribution in [2.75, 3.05) is 29.9 Å². The van der Waals surface area contributed by atoms with Gasteiger partial charge in [0.2, 0.25) is 0 Å². The van der Waals surface area contributed by atoms with E-state index in [0.29, 0.717) is 16.7 Å². The Kier molecular flexibility index (Phi) is 5.38. The molecule has 3 aromatic rings. The number of hydrogen-bond donors (Lipinski definition) is 1. The van der Waals surface area contributed by atoms with Crippen molar-refractivity contribution < 1.29 is 9.59 Å². The zero-order valence-electron chi connectivity index (χ0n) is 17.5. The molecule has 0 saturated carbocycles. The van der Waals surface area contributed by atoms with Gasteiger partial charge >= 0.3 is 0 Å². The Hall–Kier alpha value is -2.89. The summed E-state index contributed by atoms with van der Waals surface area (Å²) in [6.07, 6.45) is 0. The second kappa shape index (κ2) is 8.33. The third-order valence-corrected chi connectivity index (χ3v) is 7.12. The van der Waals surface area contributed by atoms with E-state index in [1.165, 1.54) is 17.1 Å². The van der Waals surface area contributed by atoms with Crippen molar-refractivity contribution in [2.45, 2.75) is 13.5 Å². The van der Waals surface area contributed by atoms with Gasteiger partial charge < -0.3 is 5.32 Å². The van der Waals surface area contributed by atoms with Gasteiger partial charge in [0.25, 0.3) is 5.91 Å². The molecule has 31 heavy (non-hydrogen) atoms. The van der Waals surface area contributed by atoms with Gasteiger partial charge in [0.05, 0.1) is 0 Å². The summed E-state index contributed by atoms with van der Waals surface area (Å²) in [5.41, 5.74) is 6.80. The second-order valence-electron chi connectivity index (χ2n) is 8.07. The molecule has 1 aliphatic heterocycles. The summed E-state index contributed by atoms with van der Waals surface area (Å²) in [6.45, 7) is 5.17. The van der Waals surface area contributed by atoms with E-state index in [2.05, 4.69) is 23.2 Å². The van der Waals surface area contributed by atoms with Crippen LogP contribution in [0, 0.1) is 6.92 Å². The number of nitrogens with one attached hydrogen (secondary N) is 1. The molecular weight excluding hydrogens is 404 g/mol. The average molecular weight is 429 g/mol. The molecular formula is C26H24N2O2S. The van der Waals surface area contributed by atoms with Crippen LogP contribution < -0.4 is 5.32 Å². The largest absolute Gasteiger partial charge is 0.322 e. The van der Waals surface area contributed by atoms with Crippen molar-refractivity contribution in [3.05, 3.63) is 88.5 Å². The number of carbonyl (C=O) groups excluding carboxylic acids is 2. The molecule has 2 aliphatic rings. The molecule has 3 aromatic carbocycles. The molecule has 5 heteroatoms. The summed E-state index contributed by atoms with van der Waals surface area (Å²) in [5.74, 6) is 2.14. The van der Waals surface area contributed by atoms with Crippen LogP contribution in [0.1, 0.15) is 37.4 Å². The molecule has 1 saturated heterocycles. The Bertz CT molecular complexity index is 1180. The number of carbonyl (C=O) groups is 2. The summed E-state index contributed by atoms with van der Waals surface area (Å²) in [7, 11) is 0. The molecule has 1 fully saturated rings. The van der Waals surface area contributed by atoms with Crippen molar-refractivity contribution in [1.82, 2.24) is 4.90 Å². The summed E-state index contributed by atoms with van der Waals surface area (Å²) in [4.78, 5) is 28.2. The predicted molar refractivity (Wildman–Crippen MR) is 127 cm³/mol. The van der Waals surface area contributed by atoms with E-state index in [0.717, 1.165) is 42.0 Å². The molecule has 0 spiro atoms. The molecule has 1 N–H and O–H groups in total. The summed E-state index contributed by atoms with van der Waals surface area (Å²) >= 11 is 2.00. The minimum absolute atomic E-state index is 0.0156. The predicted octanol–water partition coefficient (Wildman–Crippen LogP) is 5.01. The van der Waals surface area contributed by atoms with Crippen LogP contribution in [0.4, 0.5) is 5.69 Å². The van der Waals surface area contributed by atoms with Gasteiger partial charge in [0.15, 0.2) is 5.78 Å². The number of anilines is 1. The van der Waals surface area contributed by atoms with Crippen LogP contribution in [0.3, 0.4) is 0 Å². The molecule has 1 amide bonds. The maximum atomic E-state index is 13.0. The van der Waals surface area contributed by atoms with Crippen LogP contribution >= 0.6 is 11.8 Å². The lowest BCUT2D eigenvalue weighted by Gasteiger charge is -2.27. The van der Waals surface area contributed by atoms with Crippen LogP contribution in [0.5, 0.6) is 0 Å². The summed E-state index contributed by atoms with van der Waals surface area (Å²) in [6, 6.07) is 19.1. The Morgan fingerprint density at radius 2 is 1.68 bits per heavy atom. The molecule has 1 heterocycles. The fraction of sp³-hybridized carbons (Fsp3) is 0.231. The van der Waals surface area contributed by atoms with Crippen molar-refractivity contribution in [2.24, 2.45) is 0 Å². The molecule has 156 valence electrons. The minimum Gasteiger partial charge on any atom is -0.322 e. The van der Waals surface area contributed by atoms with Gasteiger partial charge in [0.1, 0.15) is 0 Å². The third-order valence-electron chi connectivity index (χ3n) is 6.18. The Morgan fingerprint density at radius 1 is 0.935 bits per heavy atom. The van der Waals surface area contributed by atoms with Crippen LogP contribution in [0.25, 0.3) is 11.1 Å². The van der Waals surface area contributed by atoms with Crippen molar-refractivity contribution in [3.8, 4) is 11.1 Å². The molecule has 0 aromatic heterocycles. The quantitative estimate of drug-likeness (QED) is 0.497. The average Bonchev–Trinajstić information content (AvgIpc) is 3.09. The van der Waals surface area contributed by atoms with Gasteiger partial charge in [-0.25, -0.2) is 0 Å². The highest BCUT2D eigenvalue weighted by Gasteiger charge is 2.27. The molecule has 0 atom stereocenters. The van der Waals surface area contributed by atoms with Crippen LogP contribution in [0.15, 0.2) is 60.7 Å². The fourth-order valence-electron chi connectivity index (χ4n) is 4.35. The normalized spacial score (nSPS) is 15.5. The number of hydrogen-bond acceptors (Lipinski definition) is 4. The number of ketones is 1. The van der Waals surface area contributed by atoms with E-state index >= 15 is 0 Å². The van der Waals surface area contributed by atoms with Crippen molar-refractivity contribution in [3.63, 3.8) is 0 Å². The first-order valence-corrected chi connectivity index (χ1v) is 11.8. The lowest BCUT2D eigenvalue weighted by atomic mass is 10.0. The highest BCUT2D eigenvalue weighted by molar-refractivity contribution is 7.99. The Labute approximate surface area is 186 Å². The number of nitrogens with zero attached hydrogens (tertiary/aromatic N) is 1. The zero-order chi connectivity index (χ0) is 21.4. The van der Waals surface area contributed by atoms with Gasteiger partial charge in [-0.3, -0.25) is 14.5 Å². The highest BCUT2D eigenvalue weighted by Crippen LogP contribution is 2.36. The second-order valence-corrected chi connectivity index (χ2v) is 9.29. The van der Waals surface area contributed by atoms with Crippen molar-refractivity contribution in [1.29, 1.82) is 0 Å². The SMILES string of the molecule is Cc1c(CN2CCSCC2)cccc1NC(=O)c1ccc2c(c1)C(=O)c1ccccc1-2. The molecule has 0 unspecified atom stereocenters. The Balaban J connectivity index is 1.36.